The Labute approximate surface area is 240 Å². The number of allylic oxidation sites excluding steroid dienone is 19. The van der Waals surface area contributed by atoms with Gasteiger partial charge < -0.3 is 11.1 Å². The molecule has 5 unspecified atom stereocenters. The molecule has 0 bridgehead atoms. The van der Waals surface area contributed by atoms with Crippen LogP contribution in [-0.4, -0.2) is 0 Å². The molecule has 0 spiro atoms. The van der Waals surface area contributed by atoms with Crippen molar-refractivity contribution in [3.63, 3.8) is 0 Å². The number of nitrogens with two attached hydrogens (primary N) is 1. The van der Waals surface area contributed by atoms with E-state index in [1.807, 2.05) is 0 Å². The summed E-state index contributed by atoms with van der Waals surface area (Å²) in [6.07, 6.45) is 33.6. The zero-order chi connectivity index (χ0) is 27.6. The minimum atomic E-state index is 0.499. The standard InChI is InChI=1S/C38H42N2/c1-4-6-7-14-35-37(32-15-8-11-25(32)3)31(5-2)38(35)40-30-20-18-27(19-21-30)36(24-39)29-22-28(23-29)34-17-10-16-33(34)26-12-9-13-26/h4,6-12,14,16-22,24,26,28,31,34,37,40H,5,13,15,23,39H2,1-3H3/b6-4-,14-7?,36-24+. The summed E-state index contributed by atoms with van der Waals surface area (Å²) < 4.78 is 0. The quantitative estimate of drug-likeness (QED) is 0.235. The Kier molecular flexibility index (Phi) is 7.52. The molecule has 5 atom stereocenters. The summed E-state index contributed by atoms with van der Waals surface area (Å²) in [5.74, 6) is 2.79. The lowest BCUT2D eigenvalue weighted by atomic mass is 9.65. The highest BCUT2D eigenvalue weighted by atomic mass is 14.9. The van der Waals surface area contributed by atoms with Gasteiger partial charge in [-0.15, -0.1) is 0 Å². The Morgan fingerprint density at radius 1 is 1.10 bits per heavy atom. The van der Waals surface area contributed by atoms with Crippen LogP contribution in [0.2, 0.25) is 0 Å². The van der Waals surface area contributed by atoms with Crippen molar-refractivity contribution in [3.05, 3.63) is 143 Å². The second-order valence-electron chi connectivity index (χ2n) is 11.8. The Morgan fingerprint density at radius 3 is 2.52 bits per heavy atom. The summed E-state index contributed by atoms with van der Waals surface area (Å²) in [6.45, 7) is 6.64. The average molecular weight is 527 g/mol. The van der Waals surface area contributed by atoms with E-state index in [0.717, 1.165) is 24.9 Å². The molecule has 3 N–H and O–H groups in total. The van der Waals surface area contributed by atoms with Crippen LogP contribution in [0.1, 0.15) is 52.0 Å². The molecular weight excluding hydrogens is 484 g/mol. The third-order valence-corrected chi connectivity index (χ3v) is 9.52. The van der Waals surface area contributed by atoms with Gasteiger partial charge in [-0.1, -0.05) is 109 Å². The van der Waals surface area contributed by atoms with Gasteiger partial charge >= 0.3 is 0 Å². The molecule has 0 heterocycles. The Morgan fingerprint density at radius 2 is 1.90 bits per heavy atom. The first-order chi connectivity index (χ1) is 19.6. The van der Waals surface area contributed by atoms with Crippen LogP contribution in [0.25, 0.3) is 5.57 Å². The summed E-state index contributed by atoms with van der Waals surface area (Å²) in [4.78, 5) is 0. The van der Waals surface area contributed by atoms with Crippen LogP contribution in [0.3, 0.4) is 0 Å². The number of benzene rings is 1. The third-order valence-electron chi connectivity index (χ3n) is 9.52. The number of hydrogen-bond acceptors (Lipinski definition) is 2. The molecule has 0 aromatic heterocycles. The van der Waals surface area contributed by atoms with Gasteiger partial charge in [-0.2, -0.15) is 0 Å². The molecule has 0 saturated carbocycles. The van der Waals surface area contributed by atoms with E-state index in [2.05, 4.69) is 123 Å². The topological polar surface area (TPSA) is 38.0 Å². The maximum atomic E-state index is 6.19. The molecule has 1 aromatic carbocycles. The highest BCUT2D eigenvalue weighted by Gasteiger charge is 2.41. The number of nitrogens with one attached hydrogen (secondary N) is 1. The van der Waals surface area contributed by atoms with Crippen LogP contribution in [-0.2, 0) is 0 Å². The van der Waals surface area contributed by atoms with Gasteiger partial charge in [0.1, 0.15) is 0 Å². The molecule has 2 heteroatoms. The van der Waals surface area contributed by atoms with E-state index in [9.17, 15) is 0 Å². The molecule has 204 valence electrons. The lowest BCUT2D eigenvalue weighted by Gasteiger charge is -2.43. The molecule has 2 nitrogen and oxygen atoms in total. The summed E-state index contributed by atoms with van der Waals surface area (Å²) in [7, 11) is 0. The summed E-state index contributed by atoms with van der Waals surface area (Å²) in [5, 5.41) is 3.81. The van der Waals surface area contributed by atoms with Gasteiger partial charge in [-0.05, 0) is 74.3 Å². The van der Waals surface area contributed by atoms with Crippen molar-refractivity contribution in [3.8, 4) is 0 Å². The van der Waals surface area contributed by atoms with Crippen LogP contribution >= 0.6 is 0 Å². The fourth-order valence-electron chi connectivity index (χ4n) is 7.15. The molecule has 6 rings (SSSR count). The van der Waals surface area contributed by atoms with Crippen molar-refractivity contribution in [2.75, 3.05) is 5.32 Å². The largest absolute Gasteiger partial charge is 0.404 e. The van der Waals surface area contributed by atoms with Gasteiger partial charge in [0.15, 0.2) is 0 Å². The maximum absolute atomic E-state index is 6.19. The lowest BCUT2D eigenvalue weighted by molar-refractivity contribution is 0.409. The molecule has 0 saturated heterocycles. The zero-order valence-corrected chi connectivity index (χ0v) is 24.1. The van der Waals surface area contributed by atoms with E-state index in [-0.39, 0.29) is 0 Å². The average Bonchev–Trinajstić information content (AvgIpc) is 3.54. The van der Waals surface area contributed by atoms with Crippen LogP contribution in [0.5, 0.6) is 0 Å². The number of anilines is 1. The first kappa shape index (κ1) is 26.4. The molecular formula is C38H42N2. The minimum Gasteiger partial charge on any atom is -0.404 e. The van der Waals surface area contributed by atoms with Gasteiger partial charge in [-0.25, -0.2) is 0 Å². The molecule has 1 aromatic rings. The second kappa shape index (κ2) is 11.4. The summed E-state index contributed by atoms with van der Waals surface area (Å²) in [5.41, 5.74) is 18.4. The van der Waals surface area contributed by atoms with Gasteiger partial charge in [-0.3, -0.25) is 0 Å². The van der Waals surface area contributed by atoms with Gasteiger partial charge in [0.2, 0.25) is 0 Å². The van der Waals surface area contributed by atoms with E-state index in [1.54, 1.807) is 17.3 Å². The summed E-state index contributed by atoms with van der Waals surface area (Å²) >= 11 is 0. The van der Waals surface area contributed by atoms with Crippen LogP contribution < -0.4 is 11.1 Å². The molecule has 40 heavy (non-hydrogen) atoms. The van der Waals surface area contributed by atoms with Crippen molar-refractivity contribution in [2.45, 2.75) is 46.5 Å². The summed E-state index contributed by atoms with van der Waals surface area (Å²) in [6, 6.07) is 8.85. The predicted octanol–water partition coefficient (Wildman–Crippen LogP) is 9.35. The van der Waals surface area contributed by atoms with Crippen LogP contribution in [0.15, 0.2) is 137 Å². The van der Waals surface area contributed by atoms with Crippen molar-refractivity contribution in [2.24, 2.45) is 35.3 Å². The van der Waals surface area contributed by atoms with Gasteiger partial charge in [0, 0.05) is 46.8 Å². The van der Waals surface area contributed by atoms with Crippen molar-refractivity contribution < 1.29 is 0 Å². The Balaban J connectivity index is 1.18. The molecule has 0 aliphatic heterocycles. The fraction of sp³-hybridized carbons (Fsp3) is 0.316. The smallest absolute Gasteiger partial charge is 0.0382 e. The van der Waals surface area contributed by atoms with E-state index in [1.165, 1.54) is 40.0 Å². The van der Waals surface area contributed by atoms with Gasteiger partial charge in [0.05, 0.1) is 0 Å². The van der Waals surface area contributed by atoms with Gasteiger partial charge in [0.25, 0.3) is 0 Å². The van der Waals surface area contributed by atoms with E-state index < -0.39 is 0 Å². The Bertz CT molecular complexity index is 1460. The molecule has 0 fully saturated rings. The SMILES string of the molecule is C/C=C\C=CC1=C(Nc2ccc(/C(=C\N)C3=CC(C4C=CC=C4C4C=CC4)C3)cc2)C(CC)C1C1=C(C)C=CC1. The highest BCUT2D eigenvalue weighted by Crippen LogP contribution is 2.51. The van der Waals surface area contributed by atoms with Crippen molar-refractivity contribution >= 4 is 11.3 Å². The molecule has 0 radical (unpaired) electrons. The molecule has 0 amide bonds. The van der Waals surface area contributed by atoms with E-state index in [4.69, 9.17) is 5.73 Å². The van der Waals surface area contributed by atoms with Crippen LogP contribution in [0.4, 0.5) is 5.69 Å². The first-order valence-electron chi connectivity index (χ1n) is 15.1. The lowest BCUT2D eigenvalue weighted by Crippen LogP contribution is -2.35. The molecule has 5 aliphatic rings. The second-order valence-corrected chi connectivity index (χ2v) is 11.8. The van der Waals surface area contributed by atoms with Crippen molar-refractivity contribution in [1.29, 1.82) is 0 Å². The number of hydrogen-bond donors (Lipinski definition) is 2. The minimum absolute atomic E-state index is 0.499. The van der Waals surface area contributed by atoms with E-state index in [0.29, 0.717) is 29.6 Å². The van der Waals surface area contributed by atoms with Crippen molar-refractivity contribution in [1.82, 2.24) is 0 Å². The predicted molar refractivity (Wildman–Crippen MR) is 171 cm³/mol. The maximum Gasteiger partial charge on any atom is 0.0382 e. The van der Waals surface area contributed by atoms with E-state index >= 15 is 0 Å². The Hall–Kier alpha value is -3.78. The monoisotopic (exact) mass is 526 g/mol. The number of rotatable bonds is 10. The highest BCUT2D eigenvalue weighted by molar-refractivity contribution is 5.81. The normalized spacial score (nSPS) is 29.3. The first-order valence-corrected chi connectivity index (χ1v) is 15.1. The fourth-order valence-corrected chi connectivity index (χ4v) is 7.15. The molecule has 5 aliphatic carbocycles. The third kappa shape index (κ3) is 4.74. The van der Waals surface area contributed by atoms with Crippen LogP contribution in [0, 0.1) is 29.6 Å². The zero-order valence-electron chi connectivity index (χ0n) is 24.1.